The molecule has 1 heteroatoms. The predicted octanol–water partition coefficient (Wildman–Crippen LogP) is 3.35. The Morgan fingerprint density at radius 1 is 1.29 bits per heavy atom. The number of hydrogen-bond donors (Lipinski definition) is 0. The van der Waals surface area contributed by atoms with E-state index in [0.29, 0.717) is 0 Å². The highest BCUT2D eigenvalue weighted by Gasteiger charge is 2.03. The Morgan fingerprint density at radius 3 is 2.29 bits per heavy atom. The molecule has 0 amide bonds. The van der Waals surface area contributed by atoms with Gasteiger partial charge in [-0.3, -0.25) is 4.79 Å². The van der Waals surface area contributed by atoms with E-state index < -0.39 is 0 Å². The second-order valence-corrected chi connectivity index (χ2v) is 3.57. The summed E-state index contributed by atoms with van der Waals surface area (Å²) in [6.45, 7) is 7.19. The molecule has 0 saturated heterocycles. The van der Waals surface area contributed by atoms with Gasteiger partial charge < -0.3 is 0 Å². The largest absolute Gasteiger partial charge is 0.295 e. The molecule has 0 spiro atoms. The summed E-state index contributed by atoms with van der Waals surface area (Å²) in [5, 5.41) is 0. The molecule has 74 valence electrons. The lowest BCUT2D eigenvalue weighted by atomic mass is 9.96. The zero-order valence-corrected chi connectivity index (χ0v) is 8.84. The number of carbonyl (C=O) groups excluding carboxylic acids is 1. The van der Waals surface area contributed by atoms with Crippen molar-refractivity contribution in [1.29, 1.82) is 0 Å². The summed E-state index contributed by atoms with van der Waals surface area (Å²) in [5.41, 5.74) is 3.32. The molecule has 1 aliphatic rings. The van der Waals surface area contributed by atoms with Crippen molar-refractivity contribution in [3.05, 3.63) is 47.6 Å². The third-order valence-electron chi connectivity index (χ3n) is 2.43. The smallest absolute Gasteiger partial charge is 0.155 e. The van der Waals surface area contributed by atoms with Crippen LogP contribution in [0.5, 0.6) is 0 Å². The lowest BCUT2D eigenvalue weighted by Gasteiger charge is -2.09. The maximum atomic E-state index is 11.0. The fourth-order valence-electron chi connectivity index (χ4n) is 1.34. The molecule has 0 N–H and O–H groups in total. The summed E-state index contributed by atoms with van der Waals surface area (Å²) >= 11 is 0. The molecular formula is C13H16O. The van der Waals surface area contributed by atoms with Gasteiger partial charge in [0.25, 0.3) is 0 Å². The number of carbonyl (C=O) groups is 1. The molecule has 0 aliphatic heterocycles. The van der Waals surface area contributed by atoms with Crippen molar-refractivity contribution in [1.82, 2.24) is 0 Å². The monoisotopic (exact) mass is 188 g/mol. The van der Waals surface area contributed by atoms with Gasteiger partial charge in [-0.15, -0.1) is 0 Å². The molecule has 0 heterocycles. The first-order valence-electron chi connectivity index (χ1n) is 4.85. The van der Waals surface area contributed by atoms with Crippen LogP contribution in [0.1, 0.15) is 26.7 Å². The van der Waals surface area contributed by atoms with E-state index in [1.165, 1.54) is 11.1 Å². The predicted molar refractivity (Wildman–Crippen MR) is 60.0 cm³/mol. The van der Waals surface area contributed by atoms with Gasteiger partial charge in [0.1, 0.15) is 0 Å². The summed E-state index contributed by atoms with van der Waals surface area (Å²) in [4.78, 5) is 11.0. The average Bonchev–Trinajstić information content (AvgIpc) is 2.19. The second-order valence-electron chi connectivity index (χ2n) is 3.57. The van der Waals surface area contributed by atoms with Gasteiger partial charge in [0.05, 0.1) is 0 Å². The van der Waals surface area contributed by atoms with E-state index in [2.05, 4.69) is 18.7 Å². The zero-order valence-electron chi connectivity index (χ0n) is 8.84. The first-order valence-corrected chi connectivity index (χ1v) is 4.85. The van der Waals surface area contributed by atoms with Gasteiger partial charge in [-0.05, 0) is 43.4 Å². The topological polar surface area (TPSA) is 17.1 Å². The molecule has 0 aromatic heterocycles. The minimum absolute atomic E-state index is 0.143. The average molecular weight is 188 g/mol. The van der Waals surface area contributed by atoms with Gasteiger partial charge >= 0.3 is 0 Å². The van der Waals surface area contributed by atoms with Gasteiger partial charge in [-0.2, -0.15) is 0 Å². The third kappa shape index (κ3) is 2.84. The SMILES string of the molecule is C=CC1=CC=C(/C=C(\C)C(C)=O)CC1. The quantitative estimate of drug-likeness (QED) is 0.621. The standard InChI is InChI=1S/C13H16O/c1-4-12-5-7-13(8-6-12)9-10(2)11(3)14/h4-5,7,9H,1,6,8H2,2-3H3/b10-9+. The first-order chi connectivity index (χ1) is 6.63. The highest BCUT2D eigenvalue weighted by atomic mass is 16.1. The molecule has 0 radical (unpaired) electrons. The number of allylic oxidation sites excluding steroid dienone is 7. The minimum atomic E-state index is 0.143. The van der Waals surface area contributed by atoms with Crippen molar-refractivity contribution in [2.24, 2.45) is 0 Å². The number of rotatable bonds is 3. The van der Waals surface area contributed by atoms with Crippen molar-refractivity contribution < 1.29 is 4.79 Å². The van der Waals surface area contributed by atoms with Gasteiger partial charge in [0, 0.05) is 0 Å². The van der Waals surface area contributed by atoms with Crippen molar-refractivity contribution >= 4 is 5.78 Å². The Hall–Kier alpha value is -1.37. The number of Topliss-reactive ketones (excluding diaryl/α,β-unsaturated/α-hetero) is 1. The maximum Gasteiger partial charge on any atom is 0.155 e. The Bertz CT molecular complexity index is 340. The van der Waals surface area contributed by atoms with Crippen LogP contribution in [0.3, 0.4) is 0 Å². The van der Waals surface area contributed by atoms with Crippen molar-refractivity contribution in [3.63, 3.8) is 0 Å². The van der Waals surface area contributed by atoms with Crippen LogP contribution < -0.4 is 0 Å². The van der Waals surface area contributed by atoms with Gasteiger partial charge in [0.2, 0.25) is 0 Å². The molecule has 1 aliphatic carbocycles. The highest BCUT2D eigenvalue weighted by molar-refractivity contribution is 5.93. The Balaban J connectivity index is 2.78. The molecule has 0 unspecified atom stereocenters. The maximum absolute atomic E-state index is 11.0. The molecular weight excluding hydrogens is 172 g/mol. The summed E-state index contributed by atoms with van der Waals surface area (Å²) in [6, 6.07) is 0. The summed E-state index contributed by atoms with van der Waals surface area (Å²) < 4.78 is 0. The van der Waals surface area contributed by atoms with Crippen LogP contribution in [0.25, 0.3) is 0 Å². The van der Waals surface area contributed by atoms with Crippen molar-refractivity contribution in [3.8, 4) is 0 Å². The van der Waals surface area contributed by atoms with Gasteiger partial charge in [0.15, 0.2) is 5.78 Å². The van der Waals surface area contributed by atoms with E-state index in [1.54, 1.807) is 6.92 Å². The summed E-state index contributed by atoms with van der Waals surface area (Å²) in [5.74, 6) is 0.143. The van der Waals surface area contributed by atoms with E-state index in [9.17, 15) is 4.79 Å². The Morgan fingerprint density at radius 2 is 1.86 bits per heavy atom. The molecule has 0 bridgehead atoms. The molecule has 0 fully saturated rings. The van der Waals surface area contributed by atoms with E-state index in [0.717, 1.165) is 18.4 Å². The van der Waals surface area contributed by atoms with Crippen LogP contribution in [0.2, 0.25) is 0 Å². The van der Waals surface area contributed by atoms with E-state index in [4.69, 9.17) is 0 Å². The summed E-state index contributed by atoms with van der Waals surface area (Å²) in [7, 11) is 0. The van der Waals surface area contributed by atoms with Crippen LogP contribution in [-0.4, -0.2) is 5.78 Å². The molecule has 1 nitrogen and oxygen atoms in total. The zero-order chi connectivity index (χ0) is 10.6. The Labute approximate surface area is 85.5 Å². The van der Waals surface area contributed by atoms with Crippen LogP contribution in [0, 0.1) is 0 Å². The van der Waals surface area contributed by atoms with E-state index in [-0.39, 0.29) is 5.78 Å². The summed E-state index contributed by atoms with van der Waals surface area (Å²) in [6.07, 6.45) is 10.0. The lowest BCUT2D eigenvalue weighted by Crippen LogP contribution is -1.95. The van der Waals surface area contributed by atoms with Gasteiger partial charge in [-0.25, -0.2) is 0 Å². The molecule has 0 aromatic rings. The molecule has 0 atom stereocenters. The normalized spacial score (nSPS) is 17.1. The molecule has 0 aromatic carbocycles. The number of ketones is 1. The highest BCUT2D eigenvalue weighted by Crippen LogP contribution is 2.20. The lowest BCUT2D eigenvalue weighted by molar-refractivity contribution is -0.113. The van der Waals surface area contributed by atoms with Crippen molar-refractivity contribution in [2.75, 3.05) is 0 Å². The fourth-order valence-corrected chi connectivity index (χ4v) is 1.34. The molecule has 0 saturated carbocycles. The Kier molecular flexibility index (Phi) is 3.63. The van der Waals surface area contributed by atoms with Crippen molar-refractivity contribution in [2.45, 2.75) is 26.7 Å². The van der Waals surface area contributed by atoms with Crippen LogP contribution in [0.4, 0.5) is 0 Å². The van der Waals surface area contributed by atoms with E-state index in [1.807, 2.05) is 19.1 Å². The number of hydrogen-bond acceptors (Lipinski definition) is 1. The third-order valence-corrected chi connectivity index (χ3v) is 2.43. The minimum Gasteiger partial charge on any atom is -0.295 e. The molecule has 14 heavy (non-hydrogen) atoms. The van der Waals surface area contributed by atoms with Gasteiger partial charge in [-0.1, -0.05) is 30.9 Å². The first kappa shape index (κ1) is 10.7. The van der Waals surface area contributed by atoms with Crippen LogP contribution in [0.15, 0.2) is 47.6 Å². The second kappa shape index (κ2) is 4.75. The molecule has 1 rings (SSSR count). The van der Waals surface area contributed by atoms with E-state index >= 15 is 0 Å². The fraction of sp³-hybridized carbons (Fsp3) is 0.308. The van der Waals surface area contributed by atoms with Crippen LogP contribution >= 0.6 is 0 Å². The van der Waals surface area contributed by atoms with Crippen LogP contribution in [-0.2, 0) is 4.79 Å².